The summed E-state index contributed by atoms with van der Waals surface area (Å²) in [5, 5.41) is 8.13. The summed E-state index contributed by atoms with van der Waals surface area (Å²) < 4.78 is 1.72. The van der Waals surface area contributed by atoms with Crippen LogP contribution in [0.25, 0.3) is 0 Å². The molecule has 2 amide bonds. The van der Waals surface area contributed by atoms with Crippen molar-refractivity contribution in [2.45, 2.75) is 38.1 Å². The summed E-state index contributed by atoms with van der Waals surface area (Å²) in [5.41, 5.74) is 3.41. The van der Waals surface area contributed by atoms with Crippen LogP contribution in [0.15, 0.2) is 48.7 Å². The smallest absolute Gasteiger partial charge is 0.242 e. The van der Waals surface area contributed by atoms with Gasteiger partial charge in [0.25, 0.3) is 0 Å². The average molecular weight is 435 g/mol. The zero-order chi connectivity index (χ0) is 21.9. The number of hydrogen-bond acceptors (Lipinski definition) is 3. The molecule has 3 aromatic rings. The number of likely N-dealkylation sites (N-methyl/N-ethyl adjacent to an activating group) is 1. The Morgan fingerprint density at radius 1 is 1.16 bits per heavy atom. The third-order valence-corrected chi connectivity index (χ3v) is 6.81. The maximum atomic E-state index is 13.6. The molecule has 0 unspecified atom stereocenters. The number of anilines is 2. The second kappa shape index (κ2) is 6.95. The monoisotopic (exact) mass is 434 g/mol. The topological polar surface area (TPSA) is 67.2 Å². The molecular weight excluding hydrogens is 412 g/mol. The summed E-state index contributed by atoms with van der Waals surface area (Å²) in [6, 6.07) is 13.7. The Balaban J connectivity index is 1.69. The van der Waals surface area contributed by atoms with Gasteiger partial charge in [-0.05, 0) is 34.7 Å². The first-order valence-electron chi connectivity index (χ1n) is 10.3. The van der Waals surface area contributed by atoms with Crippen LogP contribution in [0, 0.1) is 0 Å². The van der Waals surface area contributed by atoms with Crippen molar-refractivity contribution in [3.8, 4) is 0 Å². The van der Waals surface area contributed by atoms with E-state index in [0.717, 1.165) is 27.9 Å². The molecule has 0 radical (unpaired) electrons. The fourth-order valence-corrected chi connectivity index (χ4v) is 4.93. The highest BCUT2D eigenvalue weighted by molar-refractivity contribution is 6.31. The predicted octanol–water partition coefficient (Wildman–Crippen LogP) is 4.31. The van der Waals surface area contributed by atoms with Gasteiger partial charge in [-0.2, -0.15) is 5.10 Å². The van der Waals surface area contributed by atoms with Gasteiger partial charge in [0.2, 0.25) is 11.8 Å². The van der Waals surface area contributed by atoms with Crippen molar-refractivity contribution in [2.24, 2.45) is 0 Å². The lowest BCUT2D eigenvalue weighted by Gasteiger charge is -2.32. The van der Waals surface area contributed by atoms with Gasteiger partial charge in [-0.3, -0.25) is 9.59 Å². The normalized spacial score (nSPS) is 19.7. The number of halogens is 1. The molecule has 7 heteroatoms. The number of rotatable bonds is 3. The molecule has 0 fully saturated rings. The van der Waals surface area contributed by atoms with Gasteiger partial charge < -0.3 is 10.2 Å². The molecule has 2 aliphatic heterocycles. The molecule has 0 saturated carbocycles. The Hall–Kier alpha value is -3.12. The number of carbonyl (C=O) groups excluding carboxylic acids is 2. The van der Waals surface area contributed by atoms with Gasteiger partial charge in [0, 0.05) is 29.7 Å². The van der Waals surface area contributed by atoms with E-state index < -0.39 is 5.41 Å². The van der Waals surface area contributed by atoms with Gasteiger partial charge in [-0.25, -0.2) is 4.68 Å². The summed E-state index contributed by atoms with van der Waals surface area (Å²) in [7, 11) is 1.77. The lowest BCUT2D eigenvalue weighted by atomic mass is 9.71. The van der Waals surface area contributed by atoms with E-state index in [1.54, 1.807) is 22.8 Å². The summed E-state index contributed by atoms with van der Waals surface area (Å²) in [6.07, 6.45) is 1.78. The van der Waals surface area contributed by atoms with E-state index in [1.807, 2.05) is 30.3 Å². The quantitative estimate of drug-likeness (QED) is 0.667. The number of carbonyl (C=O) groups is 2. The number of benzene rings is 2. The number of fused-ring (bicyclic) bond motifs is 4. The summed E-state index contributed by atoms with van der Waals surface area (Å²) >= 11 is 6.34. The van der Waals surface area contributed by atoms with E-state index in [1.165, 1.54) is 0 Å². The molecule has 31 heavy (non-hydrogen) atoms. The van der Waals surface area contributed by atoms with Gasteiger partial charge in [0.1, 0.15) is 11.2 Å². The molecule has 0 aliphatic carbocycles. The zero-order valence-electron chi connectivity index (χ0n) is 17.6. The van der Waals surface area contributed by atoms with Crippen LogP contribution in [0.2, 0.25) is 5.02 Å². The fraction of sp³-hybridized carbons (Fsp3) is 0.292. The lowest BCUT2D eigenvalue weighted by Crippen LogP contribution is -2.45. The molecule has 2 aliphatic rings. The fourth-order valence-electron chi connectivity index (χ4n) is 4.74. The number of nitrogens with zero attached hydrogens (tertiary/aromatic N) is 3. The van der Waals surface area contributed by atoms with Crippen LogP contribution in [0.4, 0.5) is 11.5 Å². The van der Waals surface area contributed by atoms with Crippen molar-refractivity contribution >= 4 is 34.9 Å². The standard InChI is InChI=1S/C24H23ClN4O2/c1-14(2)15-8-9-20-17(10-15)24(23(31)28(20)3)11-21(30)27-22-18(24)12-26-29(22)13-16-6-4-5-7-19(16)25/h4-10,12,14H,11,13H2,1-3H3,(H,27,30)/t24-/m1/s1. The van der Waals surface area contributed by atoms with Crippen LogP contribution < -0.4 is 10.2 Å². The molecule has 1 spiro atoms. The summed E-state index contributed by atoms with van der Waals surface area (Å²) in [4.78, 5) is 28.2. The third kappa shape index (κ3) is 2.82. The summed E-state index contributed by atoms with van der Waals surface area (Å²) in [6.45, 7) is 4.64. The maximum absolute atomic E-state index is 13.6. The van der Waals surface area contributed by atoms with Gasteiger partial charge >= 0.3 is 0 Å². The van der Waals surface area contributed by atoms with Crippen molar-refractivity contribution in [1.29, 1.82) is 0 Å². The highest BCUT2D eigenvalue weighted by Gasteiger charge is 2.56. The number of amides is 2. The van der Waals surface area contributed by atoms with E-state index in [4.69, 9.17) is 11.6 Å². The van der Waals surface area contributed by atoms with Crippen LogP contribution in [-0.2, 0) is 21.5 Å². The predicted molar refractivity (Wildman–Crippen MR) is 121 cm³/mol. The minimum atomic E-state index is -1.06. The molecule has 6 nitrogen and oxygen atoms in total. The molecule has 1 atom stereocenters. The molecule has 0 saturated heterocycles. The lowest BCUT2D eigenvalue weighted by molar-refractivity contribution is -0.126. The molecule has 5 rings (SSSR count). The zero-order valence-corrected chi connectivity index (χ0v) is 18.4. The Kier molecular flexibility index (Phi) is 4.45. The minimum Gasteiger partial charge on any atom is -0.314 e. The van der Waals surface area contributed by atoms with E-state index in [0.29, 0.717) is 23.3 Å². The molecule has 1 aromatic heterocycles. The molecular formula is C24H23ClN4O2. The Morgan fingerprint density at radius 3 is 2.68 bits per heavy atom. The largest absolute Gasteiger partial charge is 0.314 e. The number of aromatic nitrogens is 2. The van der Waals surface area contributed by atoms with Crippen LogP contribution in [0.3, 0.4) is 0 Å². The second-order valence-electron chi connectivity index (χ2n) is 8.58. The highest BCUT2D eigenvalue weighted by atomic mass is 35.5. The van der Waals surface area contributed by atoms with Crippen LogP contribution >= 0.6 is 11.6 Å². The van der Waals surface area contributed by atoms with E-state index >= 15 is 0 Å². The van der Waals surface area contributed by atoms with Gasteiger partial charge in [-0.1, -0.05) is 55.8 Å². The van der Waals surface area contributed by atoms with Crippen molar-refractivity contribution in [3.05, 3.63) is 75.9 Å². The third-order valence-electron chi connectivity index (χ3n) is 6.44. The molecule has 158 valence electrons. The summed E-state index contributed by atoms with van der Waals surface area (Å²) in [5.74, 6) is 0.568. The molecule has 0 bridgehead atoms. The van der Waals surface area contributed by atoms with Crippen LogP contribution in [-0.4, -0.2) is 28.6 Å². The SMILES string of the molecule is CC(C)c1ccc2c(c1)[C@@]1(CC(=O)Nc3c1cnn3Cc1ccccc1Cl)C(=O)N2C. The van der Waals surface area contributed by atoms with Crippen molar-refractivity contribution in [3.63, 3.8) is 0 Å². The number of nitrogens with one attached hydrogen (secondary N) is 1. The van der Waals surface area contributed by atoms with Crippen molar-refractivity contribution in [1.82, 2.24) is 9.78 Å². The second-order valence-corrected chi connectivity index (χ2v) is 8.99. The van der Waals surface area contributed by atoms with E-state index in [9.17, 15) is 9.59 Å². The van der Waals surface area contributed by atoms with Crippen LogP contribution in [0.5, 0.6) is 0 Å². The van der Waals surface area contributed by atoms with Crippen molar-refractivity contribution < 1.29 is 9.59 Å². The van der Waals surface area contributed by atoms with E-state index in [2.05, 4.69) is 36.4 Å². The Bertz CT molecular complexity index is 1230. The maximum Gasteiger partial charge on any atom is 0.242 e. The van der Waals surface area contributed by atoms with Gasteiger partial charge in [0.05, 0.1) is 12.7 Å². The molecule has 2 aromatic carbocycles. The molecule has 1 N–H and O–H groups in total. The number of hydrogen-bond donors (Lipinski definition) is 1. The molecule has 3 heterocycles. The first kappa shape index (κ1) is 19.8. The van der Waals surface area contributed by atoms with Crippen molar-refractivity contribution in [2.75, 3.05) is 17.3 Å². The first-order chi connectivity index (χ1) is 14.8. The average Bonchev–Trinajstić information content (AvgIpc) is 3.23. The Labute approximate surface area is 185 Å². The van der Waals surface area contributed by atoms with Gasteiger partial charge in [-0.15, -0.1) is 0 Å². The Morgan fingerprint density at radius 2 is 1.94 bits per heavy atom. The highest BCUT2D eigenvalue weighted by Crippen LogP contribution is 2.52. The first-order valence-corrected chi connectivity index (χ1v) is 10.7. The minimum absolute atomic E-state index is 0.0650. The van der Waals surface area contributed by atoms with Gasteiger partial charge in [0.15, 0.2) is 0 Å². The van der Waals surface area contributed by atoms with Crippen LogP contribution in [0.1, 0.15) is 48.4 Å². The van der Waals surface area contributed by atoms with E-state index in [-0.39, 0.29) is 18.2 Å².